The minimum Gasteiger partial charge on any atom is -0.493 e. The maximum atomic E-state index is 12.8. The van der Waals surface area contributed by atoms with E-state index in [4.69, 9.17) is 0 Å². The van der Waals surface area contributed by atoms with E-state index < -0.39 is 0 Å². The number of thioether (sulfide) groups is 1. The van der Waals surface area contributed by atoms with Crippen LogP contribution in [0.1, 0.15) is 46.0 Å². The van der Waals surface area contributed by atoms with Gasteiger partial charge in [0.2, 0.25) is 5.88 Å². The van der Waals surface area contributed by atoms with Gasteiger partial charge in [0.05, 0.1) is 6.20 Å². The Morgan fingerprint density at radius 1 is 1.41 bits per heavy atom. The predicted molar refractivity (Wildman–Crippen MR) is 88.0 cm³/mol. The number of aryl methyl sites for hydroxylation is 2. The predicted octanol–water partition coefficient (Wildman–Crippen LogP) is 3.49. The summed E-state index contributed by atoms with van der Waals surface area (Å²) in [5.41, 5.74) is 4.46. The summed E-state index contributed by atoms with van der Waals surface area (Å²) in [5, 5.41) is 14.2. The number of ketones is 1. The van der Waals surface area contributed by atoms with Gasteiger partial charge in [-0.15, -0.1) is 11.8 Å². The van der Waals surface area contributed by atoms with Gasteiger partial charge in [0.15, 0.2) is 5.78 Å². The average Bonchev–Trinajstić information content (AvgIpc) is 2.91. The normalized spacial score (nSPS) is 14.0. The highest BCUT2D eigenvalue weighted by atomic mass is 32.2. The fourth-order valence-corrected chi connectivity index (χ4v) is 4.25. The lowest BCUT2D eigenvalue weighted by atomic mass is 9.92. The minimum absolute atomic E-state index is 0.0448. The largest absolute Gasteiger partial charge is 0.493 e. The molecule has 0 spiro atoms. The second-order valence-electron chi connectivity index (χ2n) is 5.65. The number of benzene rings is 1. The molecule has 1 aromatic heterocycles. The maximum absolute atomic E-state index is 12.8. The Hall–Kier alpha value is -1.75. The van der Waals surface area contributed by atoms with Crippen molar-refractivity contribution in [2.45, 2.75) is 45.1 Å². The van der Waals surface area contributed by atoms with Crippen molar-refractivity contribution in [2.24, 2.45) is 0 Å². The van der Waals surface area contributed by atoms with Gasteiger partial charge in [0.1, 0.15) is 5.56 Å². The Morgan fingerprint density at radius 3 is 2.86 bits per heavy atom. The molecule has 1 aliphatic heterocycles. The summed E-state index contributed by atoms with van der Waals surface area (Å²) in [7, 11) is 0. The van der Waals surface area contributed by atoms with Crippen molar-refractivity contribution in [2.75, 3.05) is 5.75 Å². The Labute approximate surface area is 134 Å². The Bertz CT molecular complexity index is 750. The van der Waals surface area contributed by atoms with E-state index in [0.29, 0.717) is 12.1 Å². The van der Waals surface area contributed by atoms with Crippen LogP contribution in [0, 0.1) is 13.8 Å². The highest BCUT2D eigenvalue weighted by Gasteiger charge is 2.24. The van der Waals surface area contributed by atoms with Gasteiger partial charge in [-0.1, -0.05) is 0 Å². The Morgan fingerprint density at radius 2 is 2.18 bits per heavy atom. The highest BCUT2D eigenvalue weighted by Crippen LogP contribution is 2.37. The zero-order valence-corrected chi connectivity index (χ0v) is 14.0. The molecule has 0 saturated carbocycles. The molecule has 1 aliphatic rings. The lowest BCUT2D eigenvalue weighted by Gasteiger charge is -2.22. The van der Waals surface area contributed by atoms with Crippen LogP contribution in [0.2, 0.25) is 0 Å². The van der Waals surface area contributed by atoms with Crippen molar-refractivity contribution < 1.29 is 9.90 Å². The quantitative estimate of drug-likeness (QED) is 0.881. The summed E-state index contributed by atoms with van der Waals surface area (Å²) in [5.74, 6) is 0.956. The SMILES string of the molecule is CCn1ncc(C(=O)c2cc(C)c3c(c2C)CCCS3)c1O. The van der Waals surface area contributed by atoms with Gasteiger partial charge in [0.25, 0.3) is 0 Å². The molecule has 0 atom stereocenters. The van der Waals surface area contributed by atoms with E-state index in [1.54, 1.807) is 0 Å². The summed E-state index contributed by atoms with van der Waals surface area (Å²) < 4.78 is 1.43. The first-order valence-corrected chi connectivity index (χ1v) is 8.58. The summed E-state index contributed by atoms with van der Waals surface area (Å²) in [6, 6.07) is 1.96. The van der Waals surface area contributed by atoms with Crippen LogP contribution in [0.3, 0.4) is 0 Å². The number of aromatic nitrogens is 2. The Kier molecular flexibility index (Phi) is 4.00. The number of carbonyl (C=O) groups excluding carboxylic acids is 1. The van der Waals surface area contributed by atoms with Crippen LogP contribution in [-0.4, -0.2) is 26.4 Å². The number of aromatic hydroxyl groups is 1. The van der Waals surface area contributed by atoms with E-state index in [2.05, 4.69) is 12.0 Å². The molecule has 0 bridgehead atoms. The summed E-state index contributed by atoms with van der Waals surface area (Å²) in [6.45, 7) is 6.49. The minimum atomic E-state index is -0.142. The second-order valence-corrected chi connectivity index (χ2v) is 6.76. The van der Waals surface area contributed by atoms with Crippen LogP contribution in [0.15, 0.2) is 17.2 Å². The lowest BCUT2D eigenvalue weighted by molar-refractivity contribution is 0.103. The first-order chi connectivity index (χ1) is 10.5. The Balaban J connectivity index is 2.10. The van der Waals surface area contributed by atoms with Crippen LogP contribution in [0.4, 0.5) is 0 Å². The van der Waals surface area contributed by atoms with Crippen molar-refractivity contribution in [3.05, 3.63) is 40.1 Å². The van der Waals surface area contributed by atoms with Crippen molar-refractivity contribution in [1.82, 2.24) is 9.78 Å². The van der Waals surface area contributed by atoms with E-state index in [9.17, 15) is 9.90 Å². The van der Waals surface area contributed by atoms with Crippen molar-refractivity contribution >= 4 is 17.5 Å². The first kappa shape index (κ1) is 15.2. The van der Waals surface area contributed by atoms with Gasteiger partial charge < -0.3 is 5.11 Å². The van der Waals surface area contributed by atoms with Crippen molar-refractivity contribution in [3.63, 3.8) is 0 Å². The van der Waals surface area contributed by atoms with E-state index in [1.165, 1.54) is 21.3 Å². The van der Waals surface area contributed by atoms with Gasteiger partial charge in [-0.05, 0) is 62.1 Å². The molecule has 0 amide bonds. The van der Waals surface area contributed by atoms with Gasteiger partial charge in [-0.3, -0.25) is 4.79 Å². The van der Waals surface area contributed by atoms with Crippen LogP contribution in [-0.2, 0) is 13.0 Å². The van der Waals surface area contributed by atoms with Crippen LogP contribution in [0.5, 0.6) is 5.88 Å². The lowest BCUT2D eigenvalue weighted by Crippen LogP contribution is -2.10. The number of fused-ring (bicyclic) bond motifs is 1. The molecule has 116 valence electrons. The summed E-state index contributed by atoms with van der Waals surface area (Å²) >= 11 is 1.88. The zero-order chi connectivity index (χ0) is 15.9. The molecule has 1 N–H and O–H groups in total. The molecule has 22 heavy (non-hydrogen) atoms. The van der Waals surface area contributed by atoms with Crippen molar-refractivity contribution in [1.29, 1.82) is 0 Å². The zero-order valence-electron chi connectivity index (χ0n) is 13.1. The third-order valence-corrected chi connectivity index (χ3v) is 5.62. The highest BCUT2D eigenvalue weighted by molar-refractivity contribution is 7.99. The fourth-order valence-electron chi connectivity index (χ4n) is 3.04. The van der Waals surface area contributed by atoms with Gasteiger partial charge in [-0.2, -0.15) is 5.10 Å². The topological polar surface area (TPSA) is 55.1 Å². The molecule has 3 rings (SSSR count). The number of nitrogens with zero attached hydrogens (tertiary/aromatic N) is 2. The first-order valence-electron chi connectivity index (χ1n) is 7.60. The molecular weight excluding hydrogens is 296 g/mol. The maximum Gasteiger partial charge on any atom is 0.220 e. The van der Waals surface area contributed by atoms with E-state index in [1.807, 2.05) is 31.7 Å². The molecule has 0 unspecified atom stereocenters. The standard InChI is InChI=1S/C17H20N2O2S/c1-4-19-17(21)14(9-18-19)15(20)13-8-10(2)16-12(11(13)3)6-5-7-22-16/h8-9,21H,4-7H2,1-3H3. The monoisotopic (exact) mass is 316 g/mol. The molecule has 4 nitrogen and oxygen atoms in total. The number of hydrogen-bond acceptors (Lipinski definition) is 4. The molecule has 0 fully saturated rings. The van der Waals surface area contributed by atoms with Gasteiger partial charge >= 0.3 is 0 Å². The molecular formula is C17H20N2O2S. The molecule has 2 aromatic rings. The third kappa shape index (κ3) is 2.33. The molecule has 5 heteroatoms. The summed E-state index contributed by atoms with van der Waals surface area (Å²) in [4.78, 5) is 14.2. The van der Waals surface area contributed by atoms with Crippen LogP contribution in [0.25, 0.3) is 0 Å². The third-order valence-electron chi connectivity index (χ3n) is 4.27. The molecule has 1 aromatic carbocycles. The van der Waals surface area contributed by atoms with E-state index in [0.717, 1.165) is 29.7 Å². The fraction of sp³-hybridized carbons (Fsp3) is 0.412. The molecule has 0 saturated heterocycles. The second kappa shape index (κ2) is 5.80. The van der Waals surface area contributed by atoms with Crippen molar-refractivity contribution in [3.8, 4) is 5.88 Å². The smallest absolute Gasteiger partial charge is 0.220 e. The molecule has 2 heterocycles. The van der Waals surface area contributed by atoms with Gasteiger partial charge in [-0.25, -0.2) is 4.68 Å². The van der Waals surface area contributed by atoms with E-state index in [-0.39, 0.29) is 17.2 Å². The summed E-state index contributed by atoms with van der Waals surface area (Å²) in [6.07, 6.45) is 3.63. The van der Waals surface area contributed by atoms with E-state index >= 15 is 0 Å². The molecule has 0 aliphatic carbocycles. The van der Waals surface area contributed by atoms with Gasteiger partial charge in [0, 0.05) is 17.0 Å². The number of hydrogen-bond donors (Lipinski definition) is 1. The van der Waals surface area contributed by atoms with Crippen LogP contribution < -0.4 is 0 Å². The number of rotatable bonds is 3. The average molecular weight is 316 g/mol. The number of carbonyl (C=O) groups is 1. The molecule has 0 radical (unpaired) electrons. The van der Waals surface area contributed by atoms with Crippen LogP contribution >= 0.6 is 11.8 Å².